The van der Waals surface area contributed by atoms with Gasteiger partial charge in [-0.15, -0.1) is 0 Å². The van der Waals surface area contributed by atoms with Gasteiger partial charge in [0.15, 0.2) is 0 Å². The molecule has 3 rings (SSSR count). The highest BCUT2D eigenvalue weighted by Crippen LogP contribution is 2.35. The van der Waals surface area contributed by atoms with Crippen LogP contribution in [-0.4, -0.2) is 35.0 Å². The summed E-state index contributed by atoms with van der Waals surface area (Å²) < 4.78 is 38.7. The average Bonchev–Trinajstić information content (AvgIpc) is 2.68. The van der Waals surface area contributed by atoms with E-state index in [-0.39, 0.29) is 22.5 Å². The Labute approximate surface area is 165 Å². The summed E-state index contributed by atoms with van der Waals surface area (Å²) in [5, 5.41) is 2.50. The van der Waals surface area contributed by atoms with Crippen molar-refractivity contribution in [1.82, 2.24) is 15.3 Å². The molecule has 1 fully saturated rings. The summed E-state index contributed by atoms with van der Waals surface area (Å²) in [6.07, 6.45) is 2.86. The van der Waals surface area contributed by atoms with Crippen molar-refractivity contribution in [2.45, 2.75) is 25.1 Å². The fourth-order valence-electron chi connectivity index (χ4n) is 2.96. The normalized spacial score (nSPS) is 15.8. The number of halogens is 4. The molecule has 1 aromatic carbocycles. The Morgan fingerprint density at radius 3 is 2.54 bits per heavy atom. The highest BCUT2D eigenvalue weighted by molar-refractivity contribution is 6.31. The molecule has 1 amide bonds. The van der Waals surface area contributed by atoms with Gasteiger partial charge < -0.3 is 10.2 Å². The van der Waals surface area contributed by atoms with Gasteiger partial charge in [-0.1, -0.05) is 17.7 Å². The fraction of sp³-hybridized carbons (Fsp3) is 0.316. The minimum atomic E-state index is -4.54. The predicted octanol–water partition coefficient (Wildman–Crippen LogP) is 3.95. The second kappa shape index (κ2) is 8.60. The Morgan fingerprint density at radius 1 is 1.21 bits per heavy atom. The lowest BCUT2D eigenvalue weighted by molar-refractivity contribution is -0.137. The van der Waals surface area contributed by atoms with Crippen LogP contribution in [0.1, 0.15) is 24.0 Å². The lowest BCUT2D eigenvalue weighted by Crippen LogP contribution is -2.44. The van der Waals surface area contributed by atoms with Gasteiger partial charge in [-0.25, -0.2) is 9.97 Å². The minimum absolute atomic E-state index is 0.00642. The van der Waals surface area contributed by atoms with Crippen LogP contribution in [-0.2, 0) is 11.0 Å². The zero-order chi connectivity index (χ0) is 20.1. The van der Waals surface area contributed by atoms with E-state index in [1.165, 1.54) is 24.3 Å². The lowest BCUT2D eigenvalue weighted by Gasteiger charge is -2.32. The number of carbonyl (C=O) groups excluding carboxylic acids is 1. The number of nitrogens with zero attached hydrogens (tertiary/aromatic N) is 3. The molecule has 0 saturated carbocycles. The van der Waals surface area contributed by atoms with Crippen molar-refractivity contribution in [1.29, 1.82) is 0 Å². The third-order valence-corrected chi connectivity index (χ3v) is 4.73. The topological polar surface area (TPSA) is 58.1 Å². The quantitative estimate of drug-likeness (QED) is 0.775. The molecular weight excluding hydrogens is 393 g/mol. The van der Waals surface area contributed by atoms with Gasteiger partial charge in [0, 0.05) is 37.6 Å². The second-order valence-electron chi connectivity index (χ2n) is 6.39. The van der Waals surface area contributed by atoms with Crippen LogP contribution in [0.5, 0.6) is 0 Å². The SMILES string of the molecule is O=C(C=Cc1ccc(Cl)c(C(F)(F)F)c1)NC1CCN(c2ncccn2)CC1. The average molecular weight is 411 g/mol. The Balaban J connectivity index is 1.54. The molecular formula is C19H18ClF3N4O. The first-order valence-electron chi connectivity index (χ1n) is 8.70. The number of anilines is 1. The van der Waals surface area contributed by atoms with E-state index in [9.17, 15) is 18.0 Å². The van der Waals surface area contributed by atoms with Gasteiger partial charge in [0.1, 0.15) is 0 Å². The second-order valence-corrected chi connectivity index (χ2v) is 6.80. The van der Waals surface area contributed by atoms with Crippen molar-refractivity contribution in [3.05, 3.63) is 58.9 Å². The van der Waals surface area contributed by atoms with E-state index in [4.69, 9.17) is 11.6 Å². The number of hydrogen-bond donors (Lipinski definition) is 1. The van der Waals surface area contributed by atoms with Crippen LogP contribution in [0, 0.1) is 0 Å². The summed E-state index contributed by atoms with van der Waals surface area (Å²) in [4.78, 5) is 22.6. The Hall–Kier alpha value is -2.61. The number of aromatic nitrogens is 2. The van der Waals surface area contributed by atoms with Crippen molar-refractivity contribution in [2.75, 3.05) is 18.0 Å². The lowest BCUT2D eigenvalue weighted by atomic mass is 10.1. The van der Waals surface area contributed by atoms with Crippen LogP contribution in [0.2, 0.25) is 5.02 Å². The molecule has 0 bridgehead atoms. The van der Waals surface area contributed by atoms with E-state index in [0.717, 1.165) is 18.9 Å². The molecule has 1 aliphatic rings. The standard InChI is InChI=1S/C19H18ClF3N4O/c20-16-4-2-13(12-15(16)19(21,22)23)3-5-17(28)26-14-6-10-27(11-7-14)18-24-8-1-9-25-18/h1-5,8-9,12,14H,6-7,10-11H2,(H,26,28). The van der Waals surface area contributed by atoms with Crippen LogP contribution < -0.4 is 10.2 Å². The van der Waals surface area contributed by atoms with Crippen molar-refractivity contribution in [3.8, 4) is 0 Å². The third-order valence-electron chi connectivity index (χ3n) is 4.40. The fourth-order valence-corrected chi connectivity index (χ4v) is 3.19. The number of piperidine rings is 1. The van der Waals surface area contributed by atoms with Gasteiger partial charge in [-0.05, 0) is 42.7 Å². The maximum Gasteiger partial charge on any atom is 0.417 e. The number of alkyl halides is 3. The zero-order valence-electron chi connectivity index (χ0n) is 14.8. The van der Waals surface area contributed by atoms with Gasteiger partial charge in [0.05, 0.1) is 10.6 Å². The molecule has 2 aromatic rings. The molecule has 0 radical (unpaired) electrons. The monoisotopic (exact) mass is 410 g/mol. The summed E-state index contributed by atoms with van der Waals surface area (Å²) in [5.41, 5.74) is -0.671. The first-order valence-corrected chi connectivity index (χ1v) is 9.08. The smallest absolute Gasteiger partial charge is 0.350 e. The first kappa shape index (κ1) is 20.1. The Morgan fingerprint density at radius 2 is 1.89 bits per heavy atom. The Kier molecular flexibility index (Phi) is 6.18. The molecule has 2 heterocycles. The maximum atomic E-state index is 12.9. The van der Waals surface area contributed by atoms with E-state index in [1.807, 2.05) is 4.90 Å². The summed E-state index contributed by atoms with van der Waals surface area (Å²) in [6, 6.07) is 5.27. The number of amides is 1. The molecule has 1 N–H and O–H groups in total. The largest absolute Gasteiger partial charge is 0.417 e. The first-order chi connectivity index (χ1) is 13.3. The van der Waals surface area contributed by atoms with Crippen molar-refractivity contribution >= 4 is 29.5 Å². The van der Waals surface area contributed by atoms with Gasteiger partial charge in [-0.2, -0.15) is 13.2 Å². The molecule has 1 aromatic heterocycles. The number of hydrogen-bond acceptors (Lipinski definition) is 4. The molecule has 0 atom stereocenters. The zero-order valence-corrected chi connectivity index (χ0v) is 15.5. The van der Waals surface area contributed by atoms with Crippen LogP contribution in [0.15, 0.2) is 42.7 Å². The van der Waals surface area contributed by atoms with E-state index in [2.05, 4.69) is 15.3 Å². The van der Waals surface area contributed by atoms with Gasteiger partial charge >= 0.3 is 6.18 Å². The molecule has 0 spiro atoms. The molecule has 0 aliphatic carbocycles. The van der Waals surface area contributed by atoms with Gasteiger partial charge in [0.25, 0.3) is 0 Å². The van der Waals surface area contributed by atoms with Crippen LogP contribution in [0.25, 0.3) is 6.08 Å². The van der Waals surface area contributed by atoms with E-state index in [0.29, 0.717) is 19.0 Å². The highest BCUT2D eigenvalue weighted by Gasteiger charge is 2.33. The number of carbonyl (C=O) groups is 1. The predicted molar refractivity (Wildman–Crippen MR) is 101 cm³/mol. The summed E-state index contributed by atoms with van der Waals surface area (Å²) in [7, 11) is 0. The summed E-state index contributed by atoms with van der Waals surface area (Å²) in [6.45, 7) is 1.43. The molecule has 1 aliphatic heterocycles. The van der Waals surface area contributed by atoms with E-state index < -0.39 is 11.7 Å². The molecule has 28 heavy (non-hydrogen) atoms. The van der Waals surface area contributed by atoms with E-state index in [1.54, 1.807) is 18.5 Å². The maximum absolute atomic E-state index is 12.9. The van der Waals surface area contributed by atoms with Crippen molar-refractivity contribution in [2.24, 2.45) is 0 Å². The van der Waals surface area contributed by atoms with Gasteiger partial charge in [0.2, 0.25) is 11.9 Å². The molecule has 5 nitrogen and oxygen atoms in total. The number of rotatable bonds is 4. The minimum Gasteiger partial charge on any atom is -0.350 e. The Bertz CT molecular complexity index is 850. The summed E-state index contributed by atoms with van der Waals surface area (Å²) >= 11 is 5.59. The van der Waals surface area contributed by atoms with Crippen LogP contribution >= 0.6 is 11.6 Å². The molecule has 0 unspecified atom stereocenters. The molecule has 148 valence electrons. The van der Waals surface area contributed by atoms with Gasteiger partial charge in [-0.3, -0.25) is 4.79 Å². The van der Waals surface area contributed by atoms with Crippen LogP contribution in [0.3, 0.4) is 0 Å². The number of benzene rings is 1. The summed E-state index contributed by atoms with van der Waals surface area (Å²) in [5.74, 6) is 0.313. The van der Waals surface area contributed by atoms with Crippen molar-refractivity contribution < 1.29 is 18.0 Å². The van der Waals surface area contributed by atoms with Crippen LogP contribution in [0.4, 0.5) is 19.1 Å². The van der Waals surface area contributed by atoms with Crippen molar-refractivity contribution in [3.63, 3.8) is 0 Å². The number of nitrogens with one attached hydrogen (secondary N) is 1. The van der Waals surface area contributed by atoms with E-state index >= 15 is 0 Å². The third kappa shape index (κ3) is 5.22. The molecule has 1 saturated heterocycles. The highest BCUT2D eigenvalue weighted by atomic mass is 35.5. The molecule has 9 heteroatoms.